The van der Waals surface area contributed by atoms with E-state index in [0.29, 0.717) is 22.9 Å². The predicted molar refractivity (Wildman–Crippen MR) is 81.4 cm³/mol. The van der Waals surface area contributed by atoms with Crippen molar-refractivity contribution < 1.29 is 4.92 Å². The van der Waals surface area contributed by atoms with Crippen molar-refractivity contribution in [2.45, 2.75) is 16.2 Å². The lowest BCUT2D eigenvalue weighted by Gasteiger charge is -2.05. The molecular formula is C14H13ClN2O2S. The van der Waals surface area contributed by atoms with Crippen molar-refractivity contribution >= 4 is 29.1 Å². The topological polar surface area (TPSA) is 69.2 Å². The molecule has 0 atom stereocenters. The molecule has 2 N–H and O–H groups in total. The molecule has 20 heavy (non-hydrogen) atoms. The van der Waals surface area contributed by atoms with Gasteiger partial charge in [0.2, 0.25) is 0 Å². The zero-order chi connectivity index (χ0) is 14.5. The van der Waals surface area contributed by atoms with Gasteiger partial charge in [-0.25, -0.2) is 0 Å². The van der Waals surface area contributed by atoms with Crippen LogP contribution in [0.1, 0.15) is 5.56 Å². The Hall–Kier alpha value is -1.56. The normalized spacial score (nSPS) is 10.5. The first kappa shape index (κ1) is 14.8. The van der Waals surface area contributed by atoms with Gasteiger partial charge >= 0.3 is 0 Å². The average Bonchev–Trinajstić information content (AvgIpc) is 2.43. The van der Waals surface area contributed by atoms with Crippen molar-refractivity contribution in [3.05, 3.63) is 63.2 Å². The highest BCUT2D eigenvalue weighted by molar-refractivity contribution is 7.99. The summed E-state index contributed by atoms with van der Waals surface area (Å²) >= 11 is 7.17. The van der Waals surface area contributed by atoms with Crippen LogP contribution in [-0.4, -0.2) is 11.5 Å². The van der Waals surface area contributed by atoms with Crippen LogP contribution in [0.3, 0.4) is 0 Å². The number of halogens is 1. The van der Waals surface area contributed by atoms with Gasteiger partial charge in [0.05, 0.1) is 9.82 Å². The van der Waals surface area contributed by atoms with E-state index in [9.17, 15) is 10.1 Å². The summed E-state index contributed by atoms with van der Waals surface area (Å²) in [6.45, 7) is 0.473. The smallest absolute Gasteiger partial charge is 0.283 e. The van der Waals surface area contributed by atoms with Gasteiger partial charge in [0, 0.05) is 16.0 Å². The summed E-state index contributed by atoms with van der Waals surface area (Å²) in [6.07, 6.45) is 0.632. The zero-order valence-electron chi connectivity index (χ0n) is 10.6. The molecule has 0 saturated heterocycles. The Balaban J connectivity index is 2.30. The number of nitro benzene ring substituents is 1. The van der Waals surface area contributed by atoms with Gasteiger partial charge in [-0.15, -0.1) is 0 Å². The van der Waals surface area contributed by atoms with Crippen LogP contribution in [0.2, 0.25) is 5.02 Å². The third kappa shape index (κ3) is 3.72. The van der Waals surface area contributed by atoms with E-state index in [-0.39, 0.29) is 10.6 Å². The maximum atomic E-state index is 11.2. The quantitative estimate of drug-likeness (QED) is 0.672. The summed E-state index contributed by atoms with van der Waals surface area (Å²) in [7, 11) is 0. The number of hydrogen-bond donors (Lipinski definition) is 1. The Labute approximate surface area is 126 Å². The molecule has 0 aromatic heterocycles. The van der Waals surface area contributed by atoms with Gasteiger partial charge in [-0.1, -0.05) is 29.4 Å². The lowest BCUT2D eigenvalue weighted by molar-refractivity contribution is -0.387. The first-order valence-corrected chi connectivity index (χ1v) is 7.20. The molecule has 0 fully saturated rings. The van der Waals surface area contributed by atoms with E-state index in [0.717, 1.165) is 10.5 Å². The van der Waals surface area contributed by atoms with Crippen molar-refractivity contribution in [3.63, 3.8) is 0 Å². The fraction of sp³-hybridized carbons (Fsp3) is 0.143. The lowest BCUT2D eigenvalue weighted by atomic mass is 10.1. The van der Waals surface area contributed by atoms with Crippen LogP contribution in [0, 0.1) is 10.1 Å². The van der Waals surface area contributed by atoms with Gasteiger partial charge < -0.3 is 5.73 Å². The number of benzene rings is 2. The van der Waals surface area contributed by atoms with Crippen molar-refractivity contribution in [3.8, 4) is 0 Å². The monoisotopic (exact) mass is 308 g/mol. The molecule has 0 amide bonds. The molecule has 0 saturated carbocycles. The molecule has 2 aromatic carbocycles. The van der Waals surface area contributed by atoms with E-state index < -0.39 is 0 Å². The molecule has 0 radical (unpaired) electrons. The van der Waals surface area contributed by atoms with Crippen LogP contribution in [-0.2, 0) is 6.42 Å². The Morgan fingerprint density at radius 1 is 1.20 bits per heavy atom. The third-order valence-corrected chi connectivity index (χ3v) is 4.02. The van der Waals surface area contributed by atoms with Crippen LogP contribution >= 0.6 is 23.4 Å². The molecule has 4 nitrogen and oxygen atoms in total. The van der Waals surface area contributed by atoms with E-state index >= 15 is 0 Å². The molecule has 0 heterocycles. The molecule has 0 bridgehead atoms. The first-order chi connectivity index (χ1) is 9.60. The summed E-state index contributed by atoms with van der Waals surface area (Å²) in [5.41, 5.74) is 6.46. The molecule has 0 aliphatic carbocycles. The molecule has 2 rings (SSSR count). The molecule has 6 heteroatoms. The maximum absolute atomic E-state index is 11.2. The van der Waals surface area contributed by atoms with Crippen LogP contribution < -0.4 is 5.73 Å². The largest absolute Gasteiger partial charge is 0.330 e. The van der Waals surface area contributed by atoms with Crippen molar-refractivity contribution in [2.24, 2.45) is 5.73 Å². The molecular weight excluding hydrogens is 296 g/mol. The van der Waals surface area contributed by atoms with E-state index in [2.05, 4.69) is 0 Å². The van der Waals surface area contributed by atoms with E-state index in [1.54, 1.807) is 24.3 Å². The SMILES string of the molecule is NCCc1ccc(Sc2ccc(Cl)cc2)c([N+](=O)[O-])c1. The Bertz CT molecular complexity index is 617. The summed E-state index contributed by atoms with van der Waals surface area (Å²) in [5.74, 6) is 0. The second kappa shape index (κ2) is 6.74. The highest BCUT2D eigenvalue weighted by atomic mass is 35.5. The number of nitro groups is 1. The summed E-state index contributed by atoms with van der Waals surface area (Å²) in [5, 5.41) is 11.8. The van der Waals surface area contributed by atoms with Crippen molar-refractivity contribution in [1.82, 2.24) is 0 Å². The first-order valence-electron chi connectivity index (χ1n) is 6.01. The Morgan fingerprint density at radius 2 is 1.90 bits per heavy atom. The molecule has 0 spiro atoms. The summed E-state index contributed by atoms with van der Waals surface area (Å²) < 4.78 is 0. The Kier molecular flexibility index (Phi) is 5.00. The second-order valence-corrected chi connectivity index (χ2v) is 5.71. The fourth-order valence-electron chi connectivity index (χ4n) is 1.74. The zero-order valence-corrected chi connectivity index (χ0v) is 12.2. The van der Waals surface area contributed by atoms with Crippen LogP contribution in [0.5, 0.6) is 0 Å². The van der Waals surface area contributed by atoms with Gasteiger partial charge in [-0.05, 0) is 48.9 Å². The lowest BCUT2D eigenvalue weighted by Crippen LogP contribution is -2.03. The number of hydrogen-bond acceptors (Lipinski definition) is 4. The standard InChI is InChI=1S/C14H13ClN2O2S/c15-11-2-4-12(5-3-11)20-14-6-1-10(7-8-16)9-13(14)17(18)19/h1-6,9H,7-8,16H2. The van der Waals surface area contributed by atoms with Gasteiger partial charge in [0.15, 0.2) is 0 Å². The summed E-state index contributed by atoms with van der Waals surface area (Å²) in [6, 6.07) is 12.4. The van der Waals surface area contributed by atoms with Gasteiger partial charge in [0.25, 0.3) is 5.69 Å². The number of nitrogens with zero attached hydrogens (tertiary/aromatic N) is 1. The molecule has 0 unspecified atom stereocenters. The van der Waals surface area contributed by atoms with Crippen LogP contribution in [0.4, 0.5) is 5.69 Å². The Morgan fingerprint density at radius 3 is 2.50 bits per heavy atom. The summed E-state index contributed by atoms with van der Waals surface area (Å²) in [4.78, 5) is 12.3. The highest BCUT2D eigenvalue weighted by Crippen LogP contribution is 2.35. The van der Waals surface area contributed by atoms with Gasteiger partial charge in [0.1, 0.15) is 0 Å². The van der Waals surface area contributed by atoms with Crippen molar-refractivity contribution in [1.29, 1.82) is 0 Å². The molecule has 0 aliphatic heterocycles. The second-order valence-electron chi connectivity index (χ2n) is 4.15. The van der Waals surface area contributed by atoms with Crippen LogP contribution in [0.15, 0.2) is 52.3 Å². The van der Waals surface area contributed by atoms with E-state index in [1.807, 2.05) is 18.2 Å². The minimum Gasteiger partial charge on any atom is -0.330 e. The minimum atomic E-state index is -0.363. The third-order valence-electron chi connectivity index (χ3n) is 2.69. The van der Waals surface area contributed by atoms with Crippen molar-refractivity contribution in [2.75, 3.05) is 6.54 Å². The highest BCUT2D eigenvalue weighted by Gasteiger charge is 2.15. The minimum absolute atomic E-state index is 0.107. The maximum Gasteiger partial charge on any atom is 0.283 e. The number of nitrogens with two attached hydrogens (primary N) is 1. The van der Waals surface area contributed by atoms with E-state index in [4.69, 9.17) is 17.3 Å². The fourth-order valence-corrected chi connectivity index (χ4v) is 2.77. The molecule has 2 aromatic rings. The predicted octanol–water partition coefficient (Wildman–Crippen LogP) is 3.90. The van der Waals surface area contributed by atoms with Crippen LogP contribution in [0.25, 0.3) is 0 Å². The molecule has 104 valence electrons. The van der Waals surface area contributed by atoms with E-state index in [1.165, 1.54) is 11.8 Å². The molecule has 0 aliphatic rings. The number of rotatable bonds is 5. The van der Waals surface area contributed by atoms with Gasteiger partial charge in [-0.3, -0.25) is 10.1 Å². The van der Waals surface area contributed by atoms with Gasteiger partial charge in [-0.2, -0.15) is 0 Å². The average molecular weight is 309 g/mol.